The maximum atomic E-state index is 13.2. The fraction of sp³-hybridized carbons (Fsp3) is 0.567. The van der Waals surface area contributed by atoms with Crippen molar-refractivity contribution in [1.29, 1.82) is 0 Å². The first-order valence-corrected chi connectivity index (χ1v) is 15.4. The lowest BCUT2D eigenvalue weighted by Crippen LogP contribution is -2.36. The quantitative estimate of drug-likeness (QED) is 0.351. The van der Waals surface area contributed by atoms with Crippen molar-refractivity contribution in [2.45, 2.75) is 82.4 Å². The number of amides is 1. The van der Waals surface area contributed by atoms with Crippen LogP contribution in [0.5, 0.6) is 5.75 Å². The number of likely N-dealkylation sites (N-methyl/N-ethyl adjacent to an activating group) is 1. The molecule has 0 bridgehead atoms. The van der Waals surface area contributed by atoms with Gasteiger partial charge in [0.05, 0.1) is 18.6 Å². The van der Waals surface area contributed by atoms with Crippen LogP contribution < -0.4 is 10.1 Å². The van der Waals surface area contributed by atoms with Crippen molar-refractivity contribution < 1.29 is 22.7 Å². The van der Waals surface area contributed by atoms with E-state index in [9.17, 15) is 13.2 Å². The van der Waals surface area contributed by atoms with Crippen molar-refractivity contribution in [3.05, 3.63) is 58.7 Å². The van der Waals surface area contributed by atoms with Gasteiger partial charge in [-0.15, -0.1) is 0 Å². The molecule has 2 aromatic carbocycles. The minimum absolute atomic E-state index is 0.0585. The molecule has 0 heterocycles. The van der Waals surface area contributed by atoms with Gasteiger partial charge in [0.15, 0.2) is 0 Å². The molecule has 4 rings (SSSR count). The van der Waals surface area contributed by atoms with Gasteiger partial charge in [-0.3, -0.25) is 4.79 Å². The Morgan fingerprint density at radius 2 is 1.62 bits per heavy atom. The van der Waals surface area contributed by atoms with Crippen LogP contribution in [-0.4, -0.2) is 69.5 Å². The average molecular weight is 558 g/mol. The summed E-state index contributed by atoms with van der Waals surface area (Å²) in [6.45, 7) is 5.20. The van der Waals surface area contributed by atoms with Gasteiger partial charge in [-0.1, -0.05) is 37.1 Å². The zero-order valence-electron chi connectivity index (χ0n) is 23.7. The number of nitrogens with zero attached hydrogens (tertiary/aromatic N) is 2. The van der Waals surface area contributed by atoms with Gasteiger partial charge in [-0.2, -0.15) is 4.31 Å². The fourth-order valence-electron chi connectivity index (χ4n) is 5.31. The van der Waals surface area contributed by atoms with E-state index in [4.69, 9.17) is 9.47 Å². The number of nitrogens with one attached hydrogen (secondary N) is 1. The second-order valence-corrected chi connectivity index (χ2v) is 12.9. The summed E-state index contributed by atoms with van der Waals surface area (Å²) in [6.07, 6.45) is 7.21. The minimum atomic E-state index is -3.70. The molecular formula is C30H43N3O5S. The summed E-state index contributed by atoms with van der Waals surface area (Å²) in [6, 6.07) is 12.8. The first kappa shape index (κ1) is 29.5. The van der Waals surface area contributed by atoms with E-state index in [0.717, 1.165) is 24.9 Å². The third kappa shape index (κ3) is 7.81. The maximum absolute atomic E-state index is 13.2. The summed E-state index contributed by atoms with van der Waals surface area (Å²) in [4.78, 5) is 15.2. The lowest BCUT2D eigenvalue weighted by Gasteiger charge is -2.23. The number of methoxy groups -OCH3 is 1. The molecule has 0 atom stereocenters. The van der Waals surface area contributed by atoms with Gasteiger partial charge in [0.25, 0.3) is 0 Å². The summed E-state index contributed by atoms with van der Waals surface area (Å²) in [5, 5.41) is 3.64. The number of rotatable bonds is 14. The van der Waals surface area contributed by atoms with Crippen LogP contribution >= 0.6 is 0 Å². The summed E-state index contributed by atoms with van der Waals surface area (Å²) in [5.74, 6) is 0.567. The van der Waals surface area contributed by atoms with Crippen LogP contribution in [0.3, 0.4) is 0 Å². The number of hydrogen-bond donors (Lipinski definition) is 1. The fourth-order valence-corrected chi connectivity index (χ4v) is 6.86. The Morgan fingerprint density at radius 1 is 1.00 bits per heavy atom. The van der Waals surface area contributed by atoms with Gasteiger partial charge in [-0.05, 0) is 73.9 Å². The van der Waals surface area contributed by atoms with Crippen LogP contribution in [0.4, 0.5) is 0 Å². The highest BCUT2D eigenvalue weighted by Crippen LogP contribution is 2.29. The molecule has 1 amide bonds. The van der Waals surface area contributed by atoms with Crippen molar-refractivity contribution in [2.24, 2.45) is 0 Å². The standard InChI is InChI=1S/C30H43N3O5S/c1-22-17-28(37-4)18-23(2)30(22)39(35,36)32(3)15-16-38-21-29(34)33(27-13-14-27)20-25-11-9-24(10-12-25)19-31-26-7-5-6-8-26/h9-12,17-18,26-27,31H,5-8,13-16,19-21H2,1-4H3. The molecule has 0 radical (unpaired) electrons. The Labute approximate surface area is 233 Å². The van der Waals surface area contributed by atoms with Crippen LogP contribution in [0, 0.1) is 13.8 Å². The van der Waals surface area contributed by atoms with Crippen LogP contribution in [-0.2, 0) is 32.6 Å². The number of ether oxygens (including phenoxy) is 2. The van der Waals surface area contributed by atoms with Crippen LogP contribution in [0.2, 0.25) is 0 Å². The normalized spacial score (nSPS) is 16.1. The van der Waals surface area contributed by atoms with E-state index >= 15 is 0 Å². The van der Waals surface area contributed by atoms with E-state index in [1.807, 2.05) is 4.90 Å². The number of aryl methyl sites for hydroxylation is 2. The molecule has 214 valence electrons. The molecule has 0 aromatic heterocycles. The lowest BCUT2D eigenvalue weighted by atomic mass is 10.1. The van der Waals surface area contributed by atoms with E-state index in [1.165, 1.54) is 42.6 Å². The van der Waals surface area contributed by atoms with Gasteiger partial charge in [0, 0.05) is 38.8 Å². The van der Waals surface area contributed by atoms with Crippen molar-refractivity contribution >= 4 is 15.9 Å². The second-order valence-electron chi connectivity index (χ2n) is 10.9. The number of carbonyl (C=O) groups is 1. The topological polar surface area (TPSA) is 88.2 Å². The Bertz CT molecular complexity index is 1200. The molecule has 2 aromatic rings. The third-order valence-electron chi connectivity index (χ3n) is 7.75. The van der Waals surface area contributed by atoms with E-state index < -0.39 is 10.0 Å². The van der Waals surface area contributed by atoms with E-state index in [1.54, 1.807) is 33.1 Å². The van der Waals surface area contributed by atoms with E-state index in [-0.39, 0.29) is 36.6 Å². The molecule has 0 saturated heterocycles. The maximum Gasteiger partial charge on any atom is 0.249 e. The molecule has 0 unspecified atom stereocenters. The molecule has 9 heteroatoms. The minimum Gasteiger partial charge on any atom is -0.497 e. The largest absolute Gasteiger partial charge is 0.497 e. The van der Waals surface area contributed by atoms with Gasteiger partial charge in [-0.25, -0.2) is 8.42 Å². The van der Waals surface area contributed by atoms with Crippen molar-refractivity contribution in [2.75, 3.05) is 33.9 Å². The summed E-state index contributed by atoms with van der Waals surface area (Å²) in [7, 11) is -0.608. The third-order valence-corrected chi connectivity index (χ3v) is 9.91. The zero-order valence-corrected chi connectivity index (χ0v) is 24.6. The molecule has 0 aliphatic heterocycles. The van der Waals surface area contributed by atoms with Crippen molar-refractivity contribution in [1.82, 2.24) is 14.5 Å². The molecular weight excluding hydrogens is 514 g/mol. The van der Waals surface area contributed by atoms with Gasteiger partial charge in [0.2, 0.25) is 15.9 Å². The van der Waals surface area contributed by atoms with E-state index in [2.05, 4.69) is 29.6 Å². The highest BCUT2D eigenvalue weighted by atomic mass is 32.2. The SMILES string of the molecule is COc1cc(C)c(S(=O)(=O)N(C)CCOCC(=O)N(Cc2ccc(CNC3CCCC3)cc2)C2CC2)c(C)c1. The number of carbonyl (C=O) groups excluding carboxylic acids is 1. The number of benzene rings is 2. The first-order chi connectivity index (χ1) is 18.7. The lowest BCUT2D eigenvalue weighted by molar-refractivity contribution is -0.137. The molecule has 8 nitrogen and oxygen atoms in total. The summed E-state index contributed by atoms with van der Waals surface area (Å²) >= 11 is 0. The average Bonchev–Trinajstić information content (AvgIpc) is 3.62. The van der Waals surface area contributed by atoms with Gasteiger partial charge < -0.3 is 19.7 Å². The van der Waals surface area contributed by atoms with Crippen LogP contribution in [0.15, 0.2) is 41.3 Å². The Kier molecular flexibility index (Phi) is 10.0. The molecule has 2 fully saturated rings. The molecule has 2 saturated carbocycles. The highest BCUT2D eigenvalue weighted by Gasteiger charge is 2.32. The van der Waals surface area contributed by atoms with E-state index in [0.29, 0.717) is 29.5 Å². The Morgan fingerprint density at radius 3 is 2.21 bits per heavy atom. The monoisotopic (exact) mass is 557 g/mol. The van der Waals surface area contributed by atoms with Crippen LogP contribution in [0.25, 0.3) is 0 Å². The van der Waals surface area contributed by atoms with Crippen LogP contribution in [0.1, 0.15) is 60.8 Å². The second kappa shape index (κ2) is 13.3. The number of hydrogen-bond acceptors (Lipinski definition) is 6. The Balaban J connectivity index is 1.25. The smallest absolute Gasteiger partial charge is 0.249 e. The highest BCUT2D eigenvalue weighted by molar-refractivity contribution is 7.89. The summed E-state index contributed by atoms with van der Waals surface area (Å²) in [5.41, 5.74) is 3.63. The van der Waals surface area contributed by atoms with Gasteiger partial charge in [0.1, 0.15) is 12.4 Å². The molecule has 39 heavy (non-hydrogen) atoms. The molecule has 2 aliphatic carbocycles. The van der Waals surface area contributed by atoms with Crippen molar-refractivity contribution in [3.63, 3.8) is 0 Å². The molecule has 2 aliphatic rings. The first-order valence-electron chi connectivity index (χ1n) is 14.0. The molecule has 0 spiro atoms. The Hall–Kier alpha value is -2.46. The predicted octanol–water partition coefficient (Wildman–Crippen LogP) is 4.17. The summed E-state index contributed by atoms with van der Waals surface area (Å²) < 4.78 is 38.6. The predicted molar refractivity (Wildman–Crippen MR) is 152 cm³/mol. The molecule has 1 N–H and O–H groups in total. The van der Waals surface area contributed by atoms with Gasteiger partial charge >= 0.3 is 0 Å². The number of sulfonamides is 1. The van der Waals surface area contributed by atoms with Crippen molar-refractivity contribution in [3.8, 4) is 5.75 Å². The zero-order chi connectivity index (χ0) is 28.0.